The van der Waals surface area contributed by atoms with Gasteiger partial charge in [0.2, 0.25) is 0 Å². The van der Waals surface area contributed by atoms with E-state index >= 15 is 0 Å². The van der Waals surface area contributed by atoms with Crippen LogP contribution in [-0.2, 0) is 0 Å². The second-order valence-corrected chi connectivity index (χ2v) is 2.99. The van der Waals surface area contributed by atoms with Crippen LogP contribution in [0.2, 0.25) is 0 Å². The summed E-state index contributed by atoms with van der Waals surface area (Å²) in [4.78, 5) is 0. The summed E-state index contributed by atoms with van der Waals surface area (Å²) in [5.41, 5.74) is 8.90. The molecule has 1 aromatic rings. The van der Waals surface area contributed by atoms with Gasteiger partial charge in [0.05, 0.1) is 0 Å². The second kappa shape index (κ2) is 4.68. The maximum Gasteiger partial charge on any atom is 0.0314 e. The molecule has 0 atom stereocenters. The molecule has 0 radical (unpaired) electrons. The lowest BCUT2D eigenvalue weighted by molar-refractivity contribution is 1.43. The first-order valence-electron chi connectivity index (χ1n) is 4.27. The minimum Gasteiger partial charge on any atom is -0.399 e. The molecule has 0 amide bonds. The second-order valence-electron chi connectivity index (χ2n) is 2.99. The van der Waals surface area contributed by atoms with Gasteiger partial charge in [0.15, 0.2) is 0 Å². The summed E-state index contributed by atoms with van der Waals surface area (Å²) in [5, 5.41) is 0. The van der Waals surface area contributed by atoms with Crippen molar-refractivity contribution in [3.8, 4) is 0 Å². The fourth-order valence-corrected chi connectivity index (χ4v) is 1.32. The van der Waals surface area contributed by atoms with Gasteiger partial charge in [-0.15, -0.1) is 12.4 Å². The third kappa shape index (κ3) is 2.27. The van der Waals surface area contributed by atoms with E-state index in [1.807, 2.05) is 36.4 Å². The summed E-state index contributed by atoms with van der Waals surface area (Å²) in [7, 11) is 0. The first kappa shape index (κ1) is 10.6. The molecule has 0 fully saturated rings. The molecule has 0 bridgehead atoms. The molecule has 0 heterocycles. The van der Waals surface area contributed by atoms with Crippen LogP contribution in [0.5, 0.6) is 0 Å². The van der Waals surface area contributed by atoms with Crippen LogP contribution < -0.4 is 5.73 Å². The zero-order valence-electron chi connectivity index (χ0n) is 7.68. The van der Waals surface area contributed by atoms with Gasteiger partial charge in [0.1, 0.15) is 0 Å². The van der Waals surface area contributed by atoms with Crippen LogP contribution in [0, 0.1) is 0 Å². The van der Waals surface area contributed by atoms with Gasteiger partial charge in [-0.2, -0.15) is 0 Å². The molecule has 2 N–H and O–H groups in total. The molecule has 2 heteroatoms. The number of rotatable bonds is 0. The van der Waals surface area contributed by atoms with Crippen molar-refractivity contribution in [3.63, 3.8) is 0 Å². The lowest BCUT2D eigenvalue weighted by Crippen LogP contribution is -1.92. The summed E-state index contributed by atoms with van der Waals surface area (Å²) in [6.07, 6.45) is 9.88. The smallest absolute Gasteiger partial charge is 0.0314 e. The average molecular weight is 206 g/mol. The summed E-state index contributed by atoms with van der Waals surface area (Å²) < 4.78 is 0. The molecule has 2 rings (SSSR count). The van der Waals surface area contributed by atoms with Crippen LogP contribution >= 0.6 is 12.4 Å². The average Bonchev–Trinajstić information content (AvgIpc) is 2.13. The molecule has 0 unspecified atom stereocenters. The van der Waals surface area contributed by atoms with Crippen LogP contribution in [0.15, 0.2) is 48.2 Å². The highest BCUT2D eigenvalue weighted by Crippen LogP contribution is 2.14. The molecule has 0 saturated carbocycles. The Kier molecular flexibility index (Phi) is 3.55. The Bertz CT molecular complexity index is 403. The maximum atomic E-state index is 5.68. The largest absolute Gasteiger partial charge is 0.399 e. The van der Waals surface area contributed by atoms with Crippen LogP contribution in [0.3, 0.4) is 0 Å². The van der Waals surface area contributed by atoms with Crippen molar-refractivity contribution in [2.24, 2.45) is 5.73 Å². The van der Waals surface area contributed by atoms with E-state index in [0.717, 1.165) is 5.70 Å². The van der Waals surface area contributed by atoms with Crippen LogP contribution in [0.1, 0.15) is 11.1 Å². The molecule has 0 aliphatic heterocycles. The number of hydrogen-bond acceptors (Lipinski definition) is 1. The first-order chi connectivity index (χ1) is 6.36. The number of nitrogens with two attached hydrogens (primary N) is 1. The molecule has 0 spiro atoms. The number of hydrogen-bond donors (Lipinski definition) is 1. The minimum absolute atomic E-state index is 0. The lowest BCUT2D eigenvalue weighted by Gasteiger charge is -2.02. The number of allylic oxidation sites excluding steroid dienone is 3. The summed E-state index contributed by atoms with van der Waals surface area (Å²) >= 11 is 0. The molecule has 0 aromatic heterocycles. The van der Waals surface area contributed by atoms with Gasteiger partial charge in [-0.1, -0.05) is 42.5 Å². The van der Waals surface area contributed by atoms with Gasteiger partial charge in [0, 0.05) is 5.70 Å². The van der Waals surface area contributed by atoms with Gasteiger partial charge in [-0.05, 0) is 23.3 Å². The monoisotopic (exact) mass is 205 g/mol. The zero-order valence-corrected chi connectivity index (χ0v) is 8.50. The molecule has 14 heavy (non-hydrogen) atoms. The Morgan fingerprint density at radius 3 is 2.21 bits per heavy atom. The van der Waals surface area contributed by atoms with Crippen molar-refractivity contribution in [3.05, 3.63) is 59.3 Å². The van der Waals surface area contributed by atoms with Crippen molar-refractivity contribution in [2.75, 3.05) is 0 Å². The van der Waals surface area contributed by atoms with Crippen molar-refractivity contribution >= 4 is 24.6 Å². The Morgan fingerprint density at radius 1 is 0.857 bits per heavy atom. The van der Waals surface area contributed by atoms with Gasteiger partial charge < -0.3 is 5.73 Å². The zero-order chi connectivity index (χ0) is 9.10. The Morgan fingerprint density at radius 2 is 1.50 bits per heavy atom. The van der Waals surface area contributed by atoms with Crippen LogP contribution in [0.25, 0.3) is 12.2 Å². The molecular weight excluding hydrogens is 194 g/mol. The van der Waals surface area contributed by atoms with E-state index in [2.05, 4.69) is 18.2 Å². The standard InChI is InChI=1S/C12H11N.ClH/c13-12-7-3-6-10-4-1-2-5-11(10)8-9-12;/h1-9H,13H2;1H/b6-3-,7-3?,9-8-,10-6?,11-8?,12-7+,12-9?;. The highest BCUT2D eigenvalue weighted by atomic mass is 35.5. The highest BCUT2D eigenvalue weighted by Gasteiger charge is 1.95. The molecule has 1 nitrogen and oxygen atoms in total. The Labute approximate surface area is 90.0 Å². The third-order valence-corrected chi connectivity index (χ3v) is 2.02. The molecule has 72 valence electrons. The van der Waals surface area contributed by atoms with E-state index in [9.17, 15) is 0 Å². The van der Waals surface area contributed by atoms with Crippen molar-refractivity contribution in [1.29, 1.82) is 0 Å². The maximum absolute atomic E-state index is 5.68. The molecule has 0 saturated heterocycles. The number of halogens is 1. The van der Waals surface area contributed by atoms with E-state index in [1.54, 1.807) is 0 Å². The van der Waals surface area contributed by atoms with Crippen molar-refractivity contribution < 1.29 is 0 Å². The Balaban J connectivity index is 0.000000980. The molecular formula is C12H12ClN. The summed E-state index contributed by atoms with van der Waals surface area (Å²) in [6.45, 7) is 0. The minimum atomic E-state index is 0. The first-order valence-corrected chi connectivity index (χ1v) is 4.27. The molecule has 1 aliphatic rings. The molecule has 1 aromatic carbocycles. The predicted octanol–water partition coefficient (Wildman–Crippen LogP) is 2.99. The topological polar surface area (TPSA) is 26.0 Å². The van der Waals surface area contributed by atoms with Crippen LogP contribution in [0.4, 0.5) is 0 Å². The number of benzene rings is 1. The summed E-state index contributed by atoms with van der Waals surface area (Å²) in [6, 6.07) is 8.23. The van der Waals surface area contributed by atoms with E-state index in [-0.39, 0.29) is 12.4 Å². The fourth-order valence-electron chi connectivity index (χ4n) is 1.32. The normalized spacial score (nSPS) is 21.6. The lowest BCUT2D eigenvalue weighted by atomic mass is 10.0. The fraction of sp³-hybridized carbons (Fsp3) is 0. The van der Waals surface area contributed by atoms with Gasteiger partial charge in [-0.25, -0.2) is 0 Å². The highest BCUT2D eigenvalue weighted by molar-refractivity contribution is 5.85. The number of fused-ring (bicyclic) bond motifs is 1. The molecule has 1 aliphatic carbocycles. The Hall–Kier alpha value is -1.47. The SMILES string of the molecule is Cl.NC1=C/C=C\c2ccccc2/C=C\1. The van der Waals surface area contributed by atoms with Gasteiger partial charge in [-0.3, -0.25) is 0 Å². The van der Waals surface area contributed by atoms with E-state index in [4.69, 9.17) is 5.73 Å². The third-order valence-electron chi connectivity index (χ3n) is 2.02. The quantitative estimate of drug-likeness (QED) is 0.693. The van der Waals surface area contributed by atoms with Crippen molar-refractivity contribution in [2.45, 2.75) is 0 Å². The van der Waals surface area contributed by atoms with Crippen LogP contribution in [-0.4, -0.2) is 0 Å². The van der Waals surface area contributed by atoms with E-state index in [0.29, 0.717) is 0 Å². The van der Waals surface area contributed by atoms with Crippen molar-refractivity contribution in [1.82, 2.24) is 0 Å². The predicted molar refractivity (Wildman–Crippen MR) is 64.0 cm³/mol. The van der Waals surface area contributed by atoms with Gasteiger partial charge >= 0.3 is 0 Å². The van der Waals surface area contributed by atoms with E-state index < -0.39 is 0 Å². The van der Waals surface area contributed by atoms with Gasteiger partial charge in [0.25, 0.3) is 0 Å². The van der Waals surface area contributed by atoms with E-state index in [1.165, 1.54) is 11.1 Å². The summed E-state index contributed by atoms with van der Waals surface area (Å²) in [5.74, 6) is 0.